The molecule has 1 aliphatic rings. The second kappa shape index (κ2) is 8.51. The summed E-state index contributed by atoms with van der Waals surface area (Å²) in [5, 5.41) is 10.1. The van der Waals surface area contributed by atoms with Crippen LogP contribution in [-0.4, -0.2) is 34.7 Å². The number of anilines is 1. The monoisotopic (exact) mass is 419 g/mol. The quantitative estimate of drug-likeness (QED) is 0.545. The van der Waals surface area contributed by atoms with Gasteiger partial charge in [-0.25, -0.2) is 4.68 Å². The van der Waals surface area contributed by atoms with Gasteiger partial charge in [0.1, 0.15) is 17.1 Å². The summed E-state index contributed by atoms with van der Waals surface area (Å²) in [6.07, 6.45) is 3.47. The molecular weight excluding hydrogens is 394 g/mol. The molecule has 160 valence electrons. The van der Waals surface area contributed by atoms with Gasteiger partial charge in [-0.05, 0) is 55.2 Å². The summed E-state index contributed by atoms with van der Waals surface area (Å²) in [4.78, 5) is 25.1. The summed E-state index contributed by atoms with van der Waals surface area (Å²) in [6.45, 7) is 2.23. The lowest BCUT2D eigenvalue weighted by Crippen LogP contribution is -2.25. The molecule has 0 aliphatic heterocycles. The van der Waals surface area contributed by atoms with Gasteiger partial charge in [0, 0.05) is 18.2 Å². The van der Waals surface area contributed by atoms with E-state index in [0.29, 0.717) is 17.8 Å². The van der Waals surface area contributed by atoms with Crippen molar-refractivity contribution in [1.29, 1.82) is 0 Å². The molecule has 1 fully saturated rings. The minimum atomic E-state index is -0.327. The fourth-order valence-corrected chi connectivity index (χ4v) is 3.26. The topological polar surface area (TPSA) is 111 Å². The normalized spacial score (nSPS) is 13.0. The Kier molecular flexibility index (Phi) is 5.62. The van der Waals surface area contributed by atoms with Gasteiger partial charge in [-0.1, -0.05) is 18.2 Å². The van der Waals surface area contributed by atoms with Gasteiger partial charge in [-0.15, -0.1) is 0 Å². The summed E-state index contributed by atoms with van der Waals surface area (Å²) in [5.74, 6) is 0.490. The third-order valence-electron chi connectivity index (χ3n) is 5.25. The van der Waals surface area contributed by atoms with Crippen molar-refractivity contribution in [1.82, 2.24) is 20.4 Å². The first-order valence-electron chi connectivity index (χ1n) is 10.1. The Bertz CT molecular complexity index is 1130. The summed E-state index contributed by atoms with van der Waals surface area (Å²) < 4.78 is 6.70. The standard InChI is InChI=1S/C23H25N5O3/c1-14-6-7-16(22(29)27-17-8-9-17)11-20(14)28-21(24)19(13-26-28)23(30)25-12-15-4-3-5-18(10-15)31-2/h3-7,10-11,13,17H,8-9,12,24H2,1-2H3,(H,25,30)(H,27,29). The number of nitrogens with one attached hydrogen (secondary N) is 2. The van der Waals surface area contributed by atoms with E-state index in [1.165, 1.54) is 10.9 Å². The van der Waals surface area contributed by atoms with E-state index in [4.69, 9.17) is 10.5 Å². The first-order valence-corrected chi connectivity index (χ1v) is 10.1. The number of nitrogens with two attached hydrogens (primary N) is 1. The van der Waals surface area contributed by atoms with Crippen LogP contribution in [0.2, 0.25) is 0 Å². The van der Waals surface area contributed by atoms with E-state index < -0.39 is 0 Å². The van der Waals surface area contributed by atoms with Gasteiger partial charge in [-0.2, -0.15) is 5.10 Å². The molecule has 0 bridgehead atoms. The lowest BCUT2D eigenvalue weighted by atomic mass is 10.1. The number of carbonyl (C=O) groups excluding carboxylic acids is 2. The molecule has 1 aromatic heterocycles. The van der Waals surface area contributed by atoms with Gasteiger partial charge >= 0.3 is 0 Å². The van der Waals surface area contributed by atoms with Gasteiger partial charge in [-0.3, -0.25) is 9.59 Å². The summed E-state index contributed by atoms with van der Waals surface area (Å²) in [7, 11) is 1.60. The van der Waals surface area contributed by atoms with Crippen LogP contribution in [-0.2, 0) is 6.54 Å². The Morgan fingerprint density at radius 2 is 2.00 bits per heavy atom. The van der Waals surface area contributed by atoms with Gasteiger partial charge in [0.15, 0.2) is 0 Å². The molecular formula is C23H25N5O3. The van der Waals surface area contributed by atoms with Crippen LogP contribution in [0.3, 0.4) is 0 Å². The summed E-state index contributed by atoms with van der Waals surface area (Å²) >= 11 is 0. The zero-order valence-corrected chi connectivity index (χ0v) is 17.5. The zero-order chi connectivity index (χ0) is 22.0. The molecule has 0 unspecified atom stereocenters. The number of benzene rings is 2. The number of nitrogen functional groups attached to an aromatic ring is 1. The van der Waals surface area contributed by atoms with E-state index in [1.807, 2.05) is 37.3 Å². The van der Waals surface area contributed by atoms with Crippen molar-refractivity contribution >= 4 is 17.6 Å². The van der Waals surface area contributed by atoms with E-state index in [1.54, 1.807) is 19.2 Å². The van der Waals surface area contributed by atoms with Crippen LogP contribution in [0, 0.1) is 6.92 Å². The molecule has 2 amide bonds. The van der Waals surface area contributed by atoms with Gasteiger partial charge in [0.05, 0.1) is 19.0 Å². The molecule has 1 saturated carbocycles. The highest BCUT2D eigenvalue weighted by Crippen LogP contribution is 2.23. The molecule has 1 aliphatic carbocycles. The van der Waals surface area contributed by atoms with Crippen LogP contribution in [0.15, 0.2) is 48.7 Å². The second-order valence-electron chi connectivity index (χ2n) is 7.64. The van der Waals surface area contributed by atoms with Crippen LogP contribution < -0.4 is 21.1 Å². The minimum absolute atomic E-state index is 0.120. The van der Waals surface area contributed by atoms with Crippen molar-refractivity contribution in [2.45, 2.75) is 32.4 Å². The highest BCUT2D eigenvalue weighted by atomic mass is 16.5. The highest BCUT2D eigenvalue weighted by Gasteiger charge is 2.24. The van der Waals surface area contributed by atoms with Crippen molar-refractivity contribution in [2.24, 2.45) is 0 Å². The molecule has 8 heteroatoms. The molecule has 4 N–H and O–H groups in total. The fraction of sp³-hybridized carbons (Fsp3) is 0.261. The average Bonchev–Trinajstić information content (AvgIpc) is 3.51. The number of aromatic nitrogens is 2. The number of rotatable bonds is 7. The number of hydrogen-bond donors (Lipinski definition) is 3. The maximum absolute atomic E-state index is 12.7. The van der Waals surface area contributed by atoms with Crippen LogP contribution in [0.4, 0.5) is 5.82 Å². The van der Waals surface area contributed by atoms with Crippen LogP contribution >= 0.6 is 0 Å². The fourth-order valence-electron chi connectivity index (χ4n) is 3.26. The predicted molar refractivity (Wildman–Crippen MR) is 117 cm³/mol. The second-order valence-corrected chi connectivity index (χ2v) is 7.64. The number of methoxy groups -OCH3 is 1. The minimum Gasteiger partial charge on any atom is -0.497 e. The lowest BCUT2D eigenvalue weighted by molar-refractivity contribution is 0.0943. The van der Waals surface area contributed by atoms with E-state index in [9.17, 15) is 9.59 Å². The molecule has 8 nitrogen and oxygen atoms in total. The Labute approximate surface area is 180 Å². The Morgan fingerprint density at radius 3 is 2.74 bits per heavy atom. The maximum Gasteiger partial charge on any atom is 0.256 e. The van der Waals surface area contributed by atoms with Crippen molar-refractivity contribution < 1.29 is 14.3 Å². The maximum atomic E-state index is 12.7. The summed E-state index contributed by atoms with van der Waals surface area (Å²) in [5.41, 5.74) is 9.52. The molecule has 0 spiro atoms. The number of ether oxygens (including phenoxy) is 1. The highest BCUT2D eigenvalue weighted by molar-refractivity contribution is 5.99. The van der Waals surface area contributed by atoms with E-state index >= 15 is 0 Å². The molecule has 2 aromatic carbocycles. The van der Waals surface area contributed by atoms with Crippen LogP contribution in [0.25, 0.3) is 5.69 Å². The average molecular weight is 419 g/mol. The number of nitrogens with zero attached hydrogens (tertiary/aromatic N) is 2. The van der Waals surface area contributed by atoms with Gasteiger partial charge in [0.25, 0.3) is 11.8 Å². The van der Waals surface area contributed by atoms with Crippen molar-refractivity contribution in [3.63, 3.8) is 0 Å². The number of carbonyl (C=O) groups is 2. The van der Waals surface area contributed by atoms with Crippen LogP contribution in [0.1, 0.15) is 44.7 Å². The molecule has 4 rings (SSSR count). The third kappa shape index (κ3) is 4.53. The first-order chi connectivity index (χ1) is 15.0. The Balaban J connectivity index is 1.52. The lowest BCUT2D eigenvalue weighted by Gasteiger charge is -2.11. The predicted octanol–water partition coefficient (Wildman–Crippen LogP) is 2.59. The van der Waals surface area contributed by atoms with E-state index in [0.717, 1.165) is 29.7 Å². The van der Waals surface area contributed by atoms with Crippen molar-refractivity contribution in [3.8, 4) is 11.4 Å². The Morgan fingerprint density at radius 1 is 1.19 bits per heavy atom. The van der Waals surface area contributed by atoms with E-state index in [2.05, 4.69) is 15.7 Å². The molecule has 3 aromatic rings. The number of aryl methyl sites for hydroxylation is 1. The Hall–Kier alpha value is -3.81. The van der Waals surface area contributed by atoms with Crippen molar-refractivity contribution in [3.05, 3.63) is 70.9 Å². The number of amides is 2. The molecule has 0 atom stereocenters. The summed E-state index contributed by atoms with van der Waals surface area (Å²) in [6, 6.07) is 13.1. The largest absolute Gasteiger partial charge is 0.497 e. The van der Waals surface area contributed by atoms with E-state index in [-0.39, 0.29) is 29.2 Å². The van der Waals surface area contributed by atoms with Gasteiger partial charge < -0.3 is 21.1 Å². The smallest absolute Gasteiger partial charge is 0.256 e. The van der Waals surface area contributed by atoms with Crippen molar-refractivity contribution in [2.75, 3.05) is 12.8 Å². The molecule has 0 radical (unpaired) electrons. The molecule has 1 heterocycles. The third-order valence-corrected chi connectivity index (χ3v) is 5.25. The number of hydrogen-bond acceptors (Lipinski definition) is 5. The molecule has 0 saturated heterocycles. The molecule has 31 heavy (non-hydrogen) atoms. The van der Waals surface area contributed by atoms with Gasteiger partial charge in [0.2, 0.25) is 0 Å². The van der Waals surface area contributed by atoms with Crippen LogP contribution in [0.5, 0.6) is 5.75 Å². The SMILES string of the molecule is COc1cccc(CNC(=O)c2cnn(-c3cc(C(=O)NC4CC4)ccc3C)c2N)c1. The zero-order valence-electron chi connectivity index (χ0n) is 17.5. The first kappa shape index (κ1) is 20.5.